The number of ether oxygens (including phenoxy) is 1. The van der Waals surface area contributed by atoms with Crippen molar-refractivity contribution < 1.29 is 9.53 Å². The lowest BCUT2D eigenvalue weighted by Crippen LogP contribution is -2.55. The van der Waals surface area contributed by atoms with E-state index in [0.717, 1.165) is 56.6 Å². The van der Waals surface area contributed by atoms with Crippen LogP contribution in [0, 0.1) is 18.3 Å². The Morgan fingerprint density at radius 1 is 1.23 bits per heavy atom. The molecule has 2 aliphatic carbocycles. The summed E-state index contributed by atoms with van der Waals surface area (Å²) >= 11 is 0. The zero-order valence-electron chi connectivity index (χ0n) is 23.9. The molecule has 6 rings (SSSR count). The monoisotopic (exact) mass is 540 g/mol. The van der Waals surface area contributed by atoms with Crippen molar-refractivity contribution in [2.75, 3.05) is 44.7 Å². The van der Waals surface area contributed by atoms with E-state index >= 15 is 0 Å². The van der Waals surface area contributed by atoms with Gasteiger partial charge in [-0.05, 0) is 82.7 Å². The minimum atomic E-state index is -0.203. The van der Waals surface area contributed by atoms with Crippen molar-refractivity contribution in [3.8, 4) is 12.1 Å². The van der Waals surface area contributed by atoms with Crippen molar-refractivity contribution in [2.45, 2.75) is 75.8 Å². The van der Waals surface area contributed by atoms with Gasteiger partial charge in [0.25, 0.3) is 0 Å². The van der Waals surface area contributed by atoms with E-state index in [1.807, 2.05) is 0 Å². The summed E-state index contributed by atoms with van der Waals surface area (Å²) in [7, 11) is 2.16. The van der Waals surface area contributed by atoms with Gasteiger partial charge in [-0.3, -0.25) is 4.79 Å². The van der Waals surface area contributed by atoms with Crippen LogP contribution in [-0.2, 0) is 29.5 Å². The van der Waals surface area contributed by atoms with Gasteiger partial charge in [-0.15, -0.1) is 0 Å². The molecule has 0 radical (unpaired) electrons. The highest BCUT2D eigenvalue weighted by Crippen LogP contribution is 2.49. The summed E-state index contributed by atoms with van der Waals surface area (Å²) in [6.45, 7) is 9.28. The Labute approximate surface area is 237 Å². The summed E-state index contributed by atoms with van der Waals surface area (Å²) in [6.07, 6.45) is 9.10. The third kappa shape index (κ3) is 4.85. The molecule has 8 nitrogen and oxygen atoms in total. The van der Waals surface area contributed by atoms with E-state index in [4.69, 9.17) is 14.7 Å². The fraction of sp³-hybridized carbons (Fsp3) is 0.562. The second-order valence-corrected chi connectivity index (χ2v) is 12.2. The molecule has 1 aromatic heterocycles. The van der Waals surface area contributed by atoms with Gasteiger partial charge in [-0.2, -0.15) is 15.2 Å². The number of likely N-dealkylation sites (tertiary alicyclic amines) is 1. The Kier molecular flexibility index (Phi) is 7.26. The molecule has 3 heterocycles. The number of aromatic nitrogens is 2. The van der Waals surface area contributed by atoms with Crippen molar-refractivity contribution in [2.24, 2.45) is 0 Å². The fourth-order valence-corrected chi connectivity index (χ4v) is 7.49. The molecule has 2 fully saturated rings. The van der Waals surface area contributed by atoms with Crippen LogP contribution >= 0.6 is 0 Å². The topological polar surface area (TPSA) is 85.6 Å². The Morgan fingerprint density at radius 2 is 2.08 bits per heavy atom. The first-order chi connectivity index (χ1) is 19.4. The summed E-state index contributed by atoms with van der Waals surface area (Å²) in [5, 5.41) is 9.51. The highest BCUT2D eigenvalue weighted by molar-refractivity contribution is 5.87. The normalized spacial score (nSPS) is 25.9. The molecule has 1 spiro atoms. The number of carbonyl (C=O) groups is 1. The molecular formula is C32H40N6O2. The number of nitriles is 1. The number of carbonyl (C=O) groups excluding carboxylic acids is 1. The second kappa shape index (κ2) is 10.9. The number of likely N-dealkylation sites (N-methyl/N-ethyl adjacent to an activating group) is 1. The standard InChI is InChI=1S/C32H40N6O2/c1-4-29(39)38-17-16-37(20-24(38)11-14-33)30-26-10-13-32(12-9-23-18-22(2)7-8-27(23)32)19-28(26)34-31(35-30)40-21-25-6-5-15-36(25)3/h4,7-8,18,24-25H,1,5-6,9-13,15-17,19-21H2,2-3H3/t24-,25-,32?/m0/s1. The number of aryl methyl sites for hydroxylation is 2. The molecule has 2 aliphatic heterocycles. The summed E-state index contributed by atoms with van der Waals surface area (Å²) in [6, 6.07) is 9.86. The number of amides is 1. The van der Waals surface area contributed by atoms with Gasteiger partial charge in [0, 0.05) is 36.7 Å². The van der Waals surface area contributed by atoms with E-state index in [0.29, 0.717) is 38.3 Å². The summed E-state index contributed by atoms with van der Waals surface area (Å²) < 4.78 is 6.32. The van der Waals surface area contributed by atoms with Crippen LogP contribution in [-0.4, -0.2) is 77.6 Å². The van der Waals surface area contributed by atoms with Crippen LogP contribution in [0.2, 0.25) is 0 Å². The Morgan fingerprint density at radius 3 is 2.85 bits per heavy atom. The van der Waals surface area contributed by atoms with Gasteiger partial charge in [0.05, 0.1) is 24.2 Å². The van der Waals surface area contributed by atoms with E-state index in [-0.39, 0.29) is 23.8 Å². The Hall–Kier alpha value is -3.44. The lowest BCUT2D eigenvalue weighted by Gasteiger charge is -2.42. The van der Waals surface area contributed by atoms with Crippen LogP contribution in [0.4, 0.5) is 5.82 Å². The van der Waals surface area contributed by atoms with Gasteiger partial charge < -0.3 is 19.4 Å². The summed E-state index contributed by atoms with van der Waals surface area (Å²) in [5.74, 6) is 0.803. The molecular weight excluding hydrogens is 500 g/mol. The van der Waals surface area contributed by atoms with Crippen LogP contribution in [0.15, 0.2) is 30.9 Å². The maximum Gasteiger partial charge on any atom is 0.318 e. The number of anilines is 1. The van der Waals surface area contributed by atoms with Crippen LogP contribution in [0.25, 0.3) is 0 Å². The smallest absolute Gasteiger partial charge is 0.318 e. The largest absolute Gasteiger partial charge is 0.462 e. The first kappa shape index (κ1) is 26.8. The number of fused-ring (bicyclic) bond motifs is 3. The number of hydrogen-bond donors (Lipinski definition) is 0. The molecule has 3 atom stereocenters. The third-order valence-corrected chi connectivity index (χ3v) is 9.76. The third-order valence-electron chi connectivity index (χ3n) is 9.76. The molecule has 1 aromatic carbocycles. The van der Waals surface area contributed by atoms with Gasteiger partial charge >= 0.3 is 6.01 Å². The van der Waals surface area contributed by atoms with E-state index < -0.39 is 0 Å². The van der Waals surface area contributed by atoms with Crippen molar-refractivity contribution in [3.05, 3.63) is 58.8 Å². The van der Waals surface area contributed by atoms with E-state index in [2.05, 4.69) is 54.6 Å². The number of rotatable bonds is 6. The molecule has 2 saturated heterocycles. The number of nitrogens with zero attached hydrogens (tertiary/aromatic N) is 6. The van der Waals surface area contributed by atoms with Crippen molar-refractivity contribution in [3.63, 3.8) is 0 Å². The molecule has 1 amide bonds. The lowest BCUT2D eigenvalue weighted by molar-refractivity contribution is -0.128. The molecule has 4 aliphatic rings. The zero-order chi connectivity index (χ0) is 27.9. The lowest BCUT2D eigenvalue weighted by atomic mass is 9.69. The average molecular weight is 541 g/mol. The second-order valence-electron chi connectivity index (χ2n) is 12.2. The number of piperazine rings is 1. The van der Waals surface area contributed by atoms with E-state index in [1.165, 1.54) is 34.8 Å². The van der Waals surface area contributed by atoms with Gasteiger partial charge in [0.1, 0.15) is 12.4 Å². The van der Waals surface area contributed by atoms with Crippen LogP contribution in [0.1, 0.15) is 60.1 Å². The Bertz CT molecular complexity index is 1350. The number of benzene rings is 1. The van der Waals surface area contributed by atoms with Crippen LogP contribution in [0.3, 0.4) is 0 Å². The van der Waals surface area contributed by atoms with Crippen molar-refractivity contribution >= 4 is 11.7 Å². The first-order valence-electron chi connectivity index (χ1n) is 14.8. The van der Waals surface area contributed by atoms with Crippen LogP contribution in [0.5, 0.6) is 6.01 Å². The molecule has 2 aromatic rings. The van der Waals surface area contributed by atoms with E-state index in [1.54, 1.807) is 4.90 Å². The molecule has 0 bridgehead atoms. The SMILES string of the molecule is C=CC(=O)N1CCN(c2nc(OC[C@@H]3CCCN3C)nc3c2CCC2(CCc4cc(C)ccc42)C3)C[C@@H]1CC#N. The predicted octanol–water partition coefficient (Wildman–Crippen LogP) is 3.75. The van der Waals surface area contributed by atoms with Gasteiger partial charge in [-0.25, -0.2) is 0 Å². The van der Waals surface area contributed by atoms with Crippen molar-refractivity contribution in [1.29, 1.82) is 5.26 Å². The fourth-order valence-electron chi connectivity index (χ4n) is 7.49. The molecule has 1 unspecified atom stereocenters. The van der Waals surface area contributed by atoms with E-state index in [9.17, 15) is 10.1 Å². The molecule has 210 valence electrons. The summed E-state index contributed by atoms with van der Waals surface area (Å²) in [4.78, 5) is 29.0. The van der Waals surface area contributed by atoms with Gasteiger partial charge in [0.2, 0.25) is 5.91 Å². The van der Waals surface area contributed by atoms with Crippen LogP contribution < -0.4 is 9.64 Å². The highest BCUT2D eigenvalue weighted by Gasteiger charge is 2.43. The minimum Gasteiger partial charge on any atom is -0.462 e. The molecule has 8 heteroatoms. The maximum atomic E-state index is 12.5. The molecule has 40 heavy (non-hydrogen) atoms. The quantitative estimate of drug-likeness (QED) is 0.516. The predicted molar refractivity (Wildman–Crippen MR) is 155 cm³/mol. The Balaban J connectivity index is 1.33. The summed E-state index contributed by atoms with van der Waals surface area (Å²) in [5.41, 5.74) is 6.72. The minimum absolute atomic E-state index is 0.114. The van der Waals surface area contributed by atoms with Gasteiger partial charge in [-0.1, -0.05) is 30.3 Å². The zero-order valence-corrected chi connectivity index (χ0v) is 23.9. The number of hydrogen-bond acceptors (Lipinski definition) is 7. The average Bonchev–Trinajstić information content (AvgIpc) is 3.53. The van der Waals surface area contributed by atoms with Crippen molar-refractivity contribution in [1.82, 2.24) is 19.8 Å². The van der Waals surface area contributed by atoms with Gasteiger partial charge in [0.15, 0.2) is 0 Å². The maximum absolute atomic E-state index is 12.5. The highest BCUT2D eigenvalue weighted by atomic mass is 16.5. The molecule has 0 saturated carbocycles. The molecule has 0 N–H and O–H groups in total. The first-order valence-corrected chi connectivity index (χ1v) is 14.8.